The SMILES string of the molecule is COC(=O)N1CCc2c(nc(C)n2C2CC3N(CC[C@H](NC(C)=O)c4cccc(F)c4)C4CCC43C2)C1. The van der Waals surface area contributed by atoms with Crippen molar-refractivity contribution in [3.63, 3.8) is 0 Å². The van der Waals surface area contributed by atoms with Gasteiger partial charge in [-0.3, -0.25) is 9.69 Å². The van der Waals surface area contributed by atoms with Crippen molar-refractivity contribution in [3.05, 3.63) is 52.9 Å². The number of imidazole rings is 1. The minimum atomic E-state index is -0.292. The van der Waals surface area contributed by atoms with Crippen molar-refractivity contribution in [3.8, 4) is 0 Å². The molecule has 2 saturated carbocycles. The Hall–Kier alpha value is -2.94. The Morgan fingerprint density at radius 2 is 2.16 bits per heavy atom. The number of aromatic nitrogens is 2. The first kappa shape index (κ1) is 24.4. The monoisotopic (exact) mass is 509 g/mol. The third-order valence-electron chi connectivity index (χ3n) is 9.45. The normalized spacial score (nSPS) is 28.9. The van der Waals surface area contributed by atoms with Crippen LogP contribution in [0.3, 0.4) is 0 Å². The number of carbonyl (C=O) groups excluding carboxylic acids is 2. The van der Waals surface area contributed by atoms with Crippen molar-refractivity contribution in [1.29, 1.82) is 0 Å². The van der Waals surface area contributed by atoms with Crippen LogP contribution in [0.5, 0.6) is 0 Å². The predicted octanol–water partition coefficient (Wildman–Crippen LogP) is 3.89. The number of hydrogen-bond donors (Lipinski definition) is 1. The Labute approximate surface area is 217 Å². The van der Waals surface area contributed by atoms with Crippen LogP contribution in [0.4, 0.5) is 9.18 Å². The number of hydrogen-bond acceptors (Lipinski definition) is 5. The average Bonchev–Trinajstić information content (AvgIpc) is 3.40. The van der Waals surface area contributed by atoms with Gasteiger partial charge in [0.1, 0.15) is 11.6 Å². The molecule has 5 atom stereocenters. The van der Waals surface area contributed by atoms with Crippen LogP contribution in [0.1, 0.15) is 73.9 Å². The number of halogens is 1. The molecule has 198 valence electrons. The summed E-state index contributed by atoms with van der Waals surface area (Å²) in [6, 6.07) is 7.94. The summed E-state index contributed by atoms with van der Waals surface area (Å²) in [5.41, 5.74) is 3.49. The summed E-state index contributed by atoms with van der Waals surface area (Å²) < 4.78 is 21.3. The fraction of sp³-hybridized carbons (Fsp3) is 0.607. The Balaban J connectivity index is 1.17. The van der Waals surface area contributed by atoms with E-state index in [0.29, 0.717) is 36.6 Å². The summed E-state index contributed by atoms with van der Waals surface area (Å²) in [5, 5.41) is 3.04. The zero-order valence-electron chi connectivity index (χ0n) is 21.9. The molecule has 2 amide bonds. The van der Waals surface area contributed by atoms with Crippen LogP contribution in [0.25, 0.3) is 0 Å². The van der Waals surface area contributed by atoms with E-state index in [2.05, 4.69) is 21.7 Å². The summed E-state index contributed by atoms with van der Waals surface area (Å²) in [6.45, 7) is 5.67. The van der Waals surface area contributed by atoms with E-state index in [1.807, 2.05) is 6.07 Å². The molecule has 1 saturated heterocycles. The third kappa shape index (κ3) is 3.93. The van der Waals surface area contributed by atoms with Gasteiger partial charge in [0.25, 0.3) is 0 Å². The van der Waals surface area contributed by atoms with E-state index in [-0.39, 0.29) is 23.9 Å². The smallest absolute Gasteiger partial charge is 0.409 e. The molecule has 4 unspecified atom stereocenters. The van der Waals surface area contributed by atoms with Gasteiger partial charge < -0.3 is 19.5 Å². The molecule has 8 nitrogen and oxygen atoms in total. The standard InChI is InChI=1S/C28H36FN5O3/c1-17-30-23-16-32(27(36)37-3)11-9-24(23)34(17)21-14-26-28(15-21)10-7-25(28)33(26)12-8-22(31-18(2)35)19-5-4-6-20(29)13-19/h4-6,13,21-22,25-26H,7-12,14-16H2,1-3H3,(H,31,35)/t21?,22-,25?,26?,28?/m0/s1. The molecule has 2 aliphatic carbocycles. The van der Waals surface area contributed by atoms with Crippen LogP contribution in [-0.2, 0) is 22.5 Å². The minimum Gasteiger partial charge on any atom is -0.453 e. The van der Waals surface area contributed by atoms with Crippen molar-refractivity contribution < 1.29 is 18.7 Å². The van der Waals surface area contributed by atoms with Crippen LogP contribution >= 0.6 is 0 Å². The van der Waals surface area contributed by atoms with Crippen molar-refractivity contribution in [2.24, 2.45) is 5.41 Å². The first-order valence-electron chi connectivity index (χ1n) is 13.5. The van der Waals surface area contributed by atoms with Crippen LogP contribution in [-0.4, -0.2) is 63.6 Å². The Kier molecular flexibility index (Phi) is 6.01. The van der Waals surface area contributed by atoms with E-state index in [1.54, 1.807) is 11.0 Å². The largest absolute Gasteiger partial charge is 0.453 e. The maximum absolute atomic E-state index is 13.9. The lowest BCUT2D eigenvalue weighted by Crippen LogP contribution is -2.74. The molecule has 37 heavy (non-hydrogen) atoms. The number of rotatable bonds is 6. The fourth-order valence-corrected chi connectivity index (χ4v) is 7.91. The second kappa shape index (κ2) is 9.11. The number of aryl methyl sites for hydroxylation is 1. The summed E-state index contributed by atoms with van der Waals surface area (Å²) in [6.07, 6.45) is 6.06. The molecule has 1 N–H and O–H groups in total. The summed E-state index contributed by atoms with van der Waals surface area (Å²) in [7, 11) is 1.42. The lowest BCUT2D eigenvalue weighted by atomic mass is 9.53. The molecule has 1 aromatic heterocycles. The lowest BCUT2D eigenvalue weighted by molar-refractivity contribution is -0.188. The number of methoxy groups -OCH3 is 1. The van der Waals surface area contributed by atoms with E-state index in [4.69, 9.17) is 9.72 Å². The Bertz CT molecular complexity index is 1230. The Morgan fingerprint density at radius 3 is 2.86 bits per heavy atom. The van der Waals surface area contributed by atoms with Gasteiger partial charge in [-0.1, -0.05) is 12.1 Å². The quantitative estimate of drug-likeness (QED) is 0.639. The van der Waals surface area contributed by atoms with Crippen LogP contribution in [0.2, 0.25) is 0 Å². The zero-order valence-corrected chi connectivity index (χ0v) is 21.9. The first-order chi connectivity index (χ1) is 17.8. The number of ether oxygens (including phenoxy) is 1. The number of carbonyl (C=O) groups is 2. The van der Waals surface area contributed by atoms with Crippen molar-refractivity contribution in [2.75, 3.05) is 20.2 Å². The van der Waals surface area contributed by atoms with Crippen molar-refractivity contribution in [1.82, 2.24) is 24.7 Å². The van der Waals surface area contributed by atoms with Gasteiger partial charge in [-0.05, 0) is 56.7 Å². The molecule has 1 aromatic carbocycles. The van der Waals surface area contributed by atoms with E-state index < -0.39 is 0 Å². The van der Waals surface area contributed by atoms with Crippen LogP contribution in [0.15, 0.2) is 24.3 Å². The van der Waals surface area contributed by atoms with Gasteiger partial charge >= 0.3 is 6.09 Å². The predicted molar refractivity (Wildman–Crippen MR) is 135 cm³/mol. The second-order valence-corrected chi connectivity index (χ2v) is 11.3. The number of nitrogens with zero attached hydrogens (tertiary/aromatic N) is 4. The fourth-order valence-electron chi connectivity index (χ4n) is 7.91. The van der Waals surface area contributed by atoms with Crippen molar-refractivity contribution >= 4 is 12.0 Å². The second-order valence-electron chi connectivity index (χ2n) is 11.3. The highest BCUT2D eigenvalue weighted by molar-refractivity contribution is 5.73. The molecule has 3 heterocycles. The molecule has 2 aromatic rings. The highest BCUT2D eigenvalue weighted by atomic mass is 19.1. The maximum atomic E-state index is 13.9. The molecule has 0 radical (unpaired) electrons. The topological polar surface area (TPSA) is 79.7 Å². The molecule has 0 bridgehead atoms. The van der Waals surface area contributed by atoms with E-state index in [0.717, 1.165) is 42.9 Å². The zero-order chi connectivity index (χ0) is 25.9. The van der Waals surface area contributed by atoms with E-state index >= 15 is 0 Å². The lowest BCUT2D eigenvalue weighted by Gasteiger charge is -2.68. The van der Waals surface area contributed by atoms with Gasteiger partial charge in [0.15, 0.2) is 0 Å². The van der Waals surface area contributed by atoms with Crippen LogP contribution < -0.4 is 5.32 Å². The number of benzene rings is 1. The number of nitrogens with one attached hydrogen (secondary N) is 1. The van der Waals surface area contributed by atoms with Gasteiger partial charge in [-0.2, -0.15) is 0 Å². The van der Waals surface area contributed by atoms with E-state index in [1.165, 1.54) is 51.1 Å². The molecule has 2 aliphatic heterocycles. The highest BCUT2D eigenvalue weighted by Crippen LogP contribution is 2.67. The summed E-state index contributed by atoms with van der Waals surface area (Å²) in [4.78, 5) is 33.2. The van der Waals surface area contributed by atoms with Crippen LogP contribution in [0, 0.1) is 18.2 Å². The average molecular weight is 510 g/mol. The molecular weight excluding hydrogens is 473 g/mol. The van der Waals surface area contributed by atoms with Gasteiger partial charge in [0.05, 0.1) is 25.4 Å². The number of fused-ring (bicyclic) bond motifs is 1. The van der Waals surface area contributed by atoms with Gasteiger partial charge in [0.2, 0.25) is 5.91 Å². The maximum Gasteiger partial charge on any atom is 0.409 e. The van der Waals surface area contributed by atoms with E-state index in [9.17, 15) is 14.0 Å². The molecule has 9 heteroatoms. The van der Waals surface area contributed by atoms with Gasteiger partial charge in [-0.25, -0.2) is 14.2 Å². The van der Waals surface area contributed by atoms with Gasteiger partial charge in [-0.15, -0.1) is 0 Å². The van der Waals surface area contributed by atoms with Crippen molar-refractivity contribution in [2.45, 2.75) is 83.1 Å². The number of amides is 2. The molecule has 6 rings (SSSR count). The summed E-state index contributed by atoms with van der Waals surface area (Å²) in [5.74, 6) is 0.670. The molecule has 3 fully saturated rings. The van der Waals surface area contributed by atoms with Gasteiger partial charge in [0, 0.05) is 55.7 Å². The molecule has 1 spiro atoms. The number of likely N-dealkylation sites (tertiary alicyclic amines) is 1. The highest BCUT2D eigenvalue weighted by Gasteiger charge is 2.69. The number of piperidine rings is 1. The molecular formula is C28H36FN5O3. The Morgan fingerprint density at radius 1 is 1.32 bits per heavy atom. The minimum absolute atomic E-state index is 0.0945. The third-order valence-corrected chi connectivity index (χ3v) is 9.45. The first-order valence-corrected chi connectivity index (χ1v) is 13.5. The summed E-state index contributed by atoms with van der Waals surface area (Å²) >= 11 is 0. The molecule has 4 aliphatic rings.